The second-order valence-electron chi connectivity index (χ2n) is 3.21. The van der Waals surface area contributed by atoms with Crippen LogP contribution >= 0.6 is 0 Å². The Bertz CT molecular complexity index is 399. The minimum absolute atomic E-state index is 0.0848. The molecule has 0 fully saturated rings. The van der Waals surface area contributed by atoms with Gasteiger partial charge in [0.15, 0.2) is 0 Å². The lowest BCUT2D eigenvalue weighted by atomic mass is 10.1. The zero-order chi connectivity index (χ0) is 12.9. The topological polar surface area (TPSA) is 29.5 Å². The van der Waals surface area contributed by atoms with Crippen LogP contribution in [0.25, 0.3) is 0 Å². The largest absolute Gasteiger partial charge is 0.573 e. The van der Waals surface area contributed by atoms with Gasteiger partial charge in [0.2, 0.25) is 0 Å². The summed E-state index contributed by atoms with van der Waals surface area (Å²) in [5, 5.41) is 8.40. The standard InChI is InChI=1S/C11H10F4O2/c12-9(7-16)5-4-8-2-1-3-10(6-8)17-11(13,14)15/h1-3,5-6,16H,4,7H2. The van der Waals surface area contributed by atoms with Gasteiger partial charge in [-0.25, -0.2) is 4.39 Å². The van der Waals surface area contributed by atoms with E-state index in [2.05, 4.69) is 4.74 Å². The number of allylic oxidation sites excluding steroid dienone is 1. The van der Waals surface area contributed by atoms with E-state index in [0.717, 1.165) is 18.2 Å². The molecule has 6 heteroatoms. The summed E-state index contributed by atoms with van der Waals surface area (Å²) < 4.78 is 52.0. The maximum atomic E-state index is 12.6. The first kappa shape index (κ1) is 13.5. The van der Waals surface area contributed by atoms with E-state index in [9.17, 15) is 17.6 Å². The number of hydrogen-bond acceptors (Lipinski definition) is 2. The smallest absolute Gasteiger partial charge is 0.406 e. The maximum absolute atomic E-state index is 12.6. The molecule has 0 saturated heterocycles. The molecule has 2 nitrogen and oxygen atoms in total. The van der Waals surface area contributed by atoms with Crippen molar-refractivity contribution in [3.8, 4) is 5.75 Å². The molecule has 0 amide bonds. The Balaban J connectivity index is 2.73. The zero-order valence-electron chi connectivity index (χ0n) is 8.67. The number of halogens is 4. The molecule has 0 aliphatic rings. The van der Waals surface area contributed by atoms with Gasteiger partial charge in [-0.1, -0.05) is 12.1 Å². The van der Waals surface area contributed by atoms with Crippen LogP contribution in [0.1, 0.15) is 5.56 Å². The molecule has 1 aromatic carbocycles. The molecule has 0 saturated carbocycles. The van der Waals surface area contributed by atoms with Crippen molar-refractivity contribution in [3.63, 3.8) is 0 Å². The Hall–Kier alpha value is -1.56. The van der Waals surface area contributed by atoms with Gasteiger partial charge >= 0.3 is 6.36 Å². The molecule has 0 spiro atoms. The van der Waals surface area contributed by atoms with Crippen molar-refractivity contribution in [2.75, 3.05) is 6.61 Å². The van der Waals surface area contributed by atoms with E-state index in [4.69, 9.17) is 5.11 Å². The van der Waals surface area contributed by atoms with Crippen molar-refractivity contribution >= 4 is 0 Å². The number of rotatable bonds is 4. The third-order valence-corrected chi connectivity index (χ3v) is 1.84. The molecular formula is C11H10F4O2. The predicted molar refractivity (Wildman–Crippen MR) is 53.1 cm³/mol. The minimum Gasteiger partial charge on any atom is -0.406 e. The highest BCUT2D eigenvalue weighted by atomic mass is 19.4. The molecule has 1 aromatic rings. The lowest BCUT2D eigenvalue weighted by molar-refractivity contribution is -0.274. The van der Waals surface area contributed by atoms with E-state index in [1.807, 2.05) is 0 Å². The monoisotopic (exact) mass is 250 g/mol. The second kappa shape index (κ2) is 5.67. The molecule has 0 aromatic heterocycles. The van der Waals surface area contributed by atoms with Gasteiger partial charge in [-0.15, -0.1) is 13.2 Å². The van der Waals surface area contributed by atoms with Gasteiger partial charge in [-0.3, -0.25) is 0 Å². The summed E-state index contributed by atoms with van der Waals surface area (Å²) in [6, 6.07) is 5.23. The Morgan fingerprint density at radius 1 is 1.35 bits per heavy atom. The highest BCUT2D eigenvalue weighted by Gasteiger charge is 2.30. The first-order valence-corrected chi connectivity index (χ1v) is 4.71. The van der Waals surface area contributed by atoms with Crippen molar-refractivity contribution in [2.24, 2.45) is 0 Å². The van der Waals surface area contributed by atoms with Crippen LogP contribution in [-0.2, 0) is 6.42 Å². The van der Waals surface area contributed by atoms with Crippen LogP contribution < -0.4 is 4.74 Å². The summed E-state index contributed by atoms with van der Waals surface area (Å²) in [6.45, 7) is -0.723. The molecule has 94 valence electrons. The van der Waals surface area contributed by atoms with Crippen molar-refractivity contribution in [1.29, 1.82) is 0 Å². The summed E-state index contributed by atoms with van der Waals surface area (Å²) in [7, 11) is 0. The van der Waals surface area contributed by atoms with Gasteiger partial charge in [0.05, 0.1) is 6.61 Å². The molecule has 0 unspecified atom stereocenters. The quantitative estimate of drug-likeness (QED) is 0.832. The minimum atomic E-state index is -4.75. The highest BCUT2D eigenvalue weighted by molar-refractivity contribution is 5.30. The zero-order valence-corrected chi connectivity index (χ0v) is 8.67. The van der Waals surface area contributed by atoms with E-state index in [0.29, 0.717) is 5.56 Å². The van der Waals surface area contributed by atoms with Crippen molar-refractivity contribution in [1.82, 2.24) is 0 Å². The van der Waals surface area contributed by atoms with Crippen molar-refractivity contribution in [3.05, 3.63) is 41.7 Å². The highest BCUT2D eigenvalue weighted by Crippen LogP contribution is 2.23. The normalized spacial score (nSPS) is 12.6. The fourth-order valence-corrected chi connectivity index (χ4v) is 1.16. The van der Waals surface area contributed by atoms with E-state index < -0.39 is 18.8 Å². The first-order chi connectivity index (χ1) is 7.90. The van der Waals surface area contributed by atoms with Crippen LogP contribution in [-0.4, -0.2) is 18.1 Å². The molecule has 1 rings (SSSR count). The van der Waals surface area contributed by atoms with Gasteiger partial charge in [-0.2, -0.15) is 0 Å². The van der Waals surface area contributed by atoms with Gasteiger partial charge in [-0.05, 0) is 30.2 Å². The molecule has 0 aliphatic carbocycles. The lowest BCUT2D eigenvalue weighted by Gasteiger charge is -2.09. The number of alkyl halides is 3. The first-order valence-electron chi connectivity index (χ1n) is 4.71. The van der Waals surface area contributed by atoms with Crippen LogP contribution in [0.4, 0.5) is 17.6 Å². The van der Waals surface area contributed by atoms with Crippen molar-refractivity contribution in [2.45, 2.75) is 12.8 Å². The molecule has 0 radical (unpaired) electrons. The van der Waals surface area contributed by atoms with Crippen molar-refractivity contribution < 1.29 is 27.4 Å². The number of benzene rings is 1. The molecule has 0 heterocycles. The van der Waals surface area contributed by atoms with Crippen LogP contribution in [0, 0.1) is 0 Å². The van der Waals surface area contributed by atoms with E-state index >= 15 is 0 Å². The Kier molecular flexibility index (Phi) is 4.51. The fourth-order valence-electron chi connectivity index (χ4n) is 1.16. The van der Waals surface area contributed by atoms with Crippen LogP contribution in [0.3, 0.4) is 0 Å². The van der Waals surface area contributed by atoms with E-state index in [1.165, 1.54) is 12.1 Å². The second-order valence-corrected chi connectivity index (χ2v) is 3.21. The molecule has 0 aliphatic heterocycles. The predicted octanol–water partition coefficient (Wildman–Crippen LogP) is 2.97. The number of aliphatic hydroxyl groups is 1. The van der Waals surface area contributed by atoms with Crippen LogP contribution in [0.5, 0.6) is 5.75 Å². The Morgan fingerprint density at radius 2 is 2.06 bits per heavy atom. The third kappa shape index (κ3) is 5.35. The summed E-state index contributed by atoms with van der Waals surface area (Å²) in [5.74, 6) is -1.08. The summed E-state index contributed by atoms with van der Waals surface area (Å²) in [5.41, 5.74) is 0.454. The summed E-state index contributed by atoms with van der Waals surface area (Å²) in [4.78, 5) is 0. The van der Waals surface area contributed by atoms with Gasteiger partial charge in [0.1, 0.15) is 11.6 Å². The third-order valence-electron chi connectivity index (χ3n) is 1.84. The summed E-state index contributed by atoms with van der Waals surface area (Å²) >= 11 is 0. The molecule has 0 bridgehead atoms. The van der Waals surface area contributed by atoms with Gasteiger partial charge < -0.3 is 9.84 Å². The Morgan fingerprint density at radius 3 is 2.65 bits per heavy atom. The SMILES string of the molecule is OCC(F)=CCc1cccc(OC(F)(F)F)c1. The van der Waals surface area contributed by atoms with Gasteiger partial charge in [0, 0.05) is 0 Å². The summed E-state index contributed by atoms with van der Waals surface area (Å²) in [6.07, 6.45) is -3.57. The van der Waals surface area contributed by atoms with Gasteiger partial charge in [0.25, 0.3) is 0 Å². The van der Waals surface area contributed by atoms with E-state index in [1.54, 1.807) is 0 Å². The van der Waals surface area contributed by atoms with E-state index in [-0.39, 0.29) is 12.2 Å². The number of aliphatic hydroxyl groups excluding tert-OH is 1. The fraction of sp³-hybridized carbons (Fsp3) is 0.273. The molecule has 1 N–H and O–H groups in total. The maximum Gasteiger partial charge on any atom is 0.573 e. The lowest BCUT2D eigenvalue weighted by Crippen LogP contribution is -2.17. The average molecular weight is 250 g/mol. The van der Waals surface area contributed by atoms with Crippen LogP contribution in [0.2, 0.25) is 0 Å². The number of hydrogen-bond donors (Lipinski definition) is 1. The molecular weight excluding hydrogens is 240 g/mol. The average Bonchev–Trinajstić information content (AvgIpc) is 2.24. The molecule has 17 heavy (non-hydrogen) atoms. The number of ether oxygens (including phenoxy) is 1. The molecule has 0 atom stereocenters. The van der Waals surface area contributed by atoms with Crippen LogP contribution in [0.15, 0.2) is 36.2 Å². The Labute approximate surface area is 95.1 Å².